The molecule has 92 valence electrons. The molecule has 1 rings (SSSR count). The zero-order chi connectivity index (χ0) is 12.2. The second-order valence-corrected chi connectivity index (χ2v) is 5.75. The van der Waals surface area contributed by atoms with Crippen LogP contribution in [0, 0.1) is 11.8 Å². The van der Waals surface area contributed by atoms with E-state index < -0.39 is 5.60 Å². The molecule has 0 aliphatic heterocycles. The van der Waals surface area contributed by atoms with Crippen LogP contribution in [0.5, 0.6) is 0 Å². The molecule has 0 amide bonds. The lowest BCUT2D eigenvalue weighted by Crippen LogP contribution is -2.21. The molecule has 1 nitrogen and oxygen atoms in total. The Morgan fingerprint density at radius 1 is 1.44 bits per heavy atom. The summed E-state index contributed by atoms with van der Waals surface area (Å²) in [5.41, 5.74) is 0.832. The molecule has 0 aromatic rings. The zero-order valence-corrected chi connectivity index (χ0v) is 11.2. The van der Waals surface area contributed by atoms with Gasteiger partial charge >= 0.3 is 0 Å². The van der Waals surface area contributed by atoms with Crippen molar-refractivity contribution in [2.24, 2.45) is 11.8 Å². The third-order valence-electron chi connectivity index (χ3n) is 3.57. The van der Waals surface area contributed by atoms with E-state index in [0.717, 1.165) is 12.8 Å². The Hall–Kier alpha value is -0.560. The molecular formula is C15H26O. The van der Waals surface area contributed by atoms with E-state index in [-0.39, 0.29) is 0 Å². The molecule has 1 N–H and O–H groups in total. The van der Waals surface area contributed by atoms with Crippen LogP contribution in [0.25, 0.3) is 0 Å². The molecule has 0 saturated carbocycles. The summed E-state index contributed by atoms with van der Waals surface area (Å²) in [7, 11) is 0. The molecule has 0 fully saturated rings. The van der Waals surface area contributed by atoms with E-state index in [2.05, 4.69) is 32.9 Å². The van der Waals surface area contributed by atoms with Gasteiger partial charge in [-0.3, -0.25) is 0 Å². The van der Waals surface area contributed by atoms with Crippen molar-refractivity contribution in [1.29, 1.82) is 0 Å². The fourth-order valence-corrected chi connectivity index (χ4v) is 2.17. The van der Waals surface area contributed by atoms with Gasteiger partial charge in [0, 0.05) is 0 Å². The number of rotatable bonds is 1. The SMILES string of the molecule is CC1=CCC[C@@](C)(O)C=C[C@H](C(C)C)CC1. The quantitative estimate of drug-likeness (QED) is 0.663. The number of hydrogen-bond donors (Lipinski definition) is 1. The molecule has 0 unspecified atom stereocenters. The van der Waals surface area contributed by atoms with Gasteiger partial charge in [0.2, 0.25) is 0 Å². The van der Waals surface area contributed by atoms with E-state index in [4.69, 9.17) is 0 Å². The van der Waals surface area contributed by atoms with Gasteiger partial charge in [-0.2, -0.15) is 0 Å². The van der Waals surface area contributed by atoms with Crippen LogP contribution in [-0.4, -0.2) is 10.7 Å². The minimum atomic E-state index is -0.638. The largest absolute Gasteiger partial charge is 0.386 e. The molecule has 1 aliphatic rings. The number of allylic oxidation sites excluding steroid dienone is 3. The topological polar surface area (TPSA) is 20.2 Å². The van der Waals surface area contributed by atoms with Crippen molar-refractivity contribution in [2.45, 2.75) is 59.0 Å². The molecule has 0 radical (unpaired) electrons. The summed E-state index contributed by atoms with van der Waals surface area (Å²) in [5.74, 6) is 1.24. The monoisotopic (exact) mass is 222 g/mol. The number of aliphatic hydroxyl groups is 1. The normalized spacial score (nSPS) is 32.6. The third-order valence-corrected chi connectivity index (χ3v) is 3.57. The first-order valence-electron chi connectivity index (χ1n) is 6.48. The van der Waals surface area contributed by atoms with Gasteiger partial charge < -0.3 is 5.11 Å². The summed E-state index contributed by atoms with van der Waals surface area (Å²) in [6, 6.07) is 0. The molecule has 0 bridgehead atoms. The maximum Gasteiger partial charge on any atom is 0.0802 e. The van der Waals surface area contributed by atoms with Crippen molar-refractivity contribution in [3.8, 4) is 0 Å². The van der Waals surface area contributed by atoms with Crippen LogP contribution < -0.4 is 0 Å². The van der Waals surface area contributed by atoms with Crippen LogP contribution in [-0.2, 0) is 0 Å². The van der Waals surface area contributed by atoms with Crippen LogP contribution in [0.3, 0.4) is 0 Å². The Labute approximate surface area is 100 Å². The zero-order valence-electron chi connectivity index (χ0n) is 11.2. The summed E-state index contributed by atoms with van der Waals surface area (Å²) >= 11 is 0. The van der Waals surface area contributed by atoms with Crippen molar-refractivity contribution in [1.82, 2.24) is 0 Å². The average molecular weight is 222 g/mol. The van der Waals surface area contributed by atoms with Gasteiger partial charge in [-0.1, -0.05) is 37.6 Å². The lowest BCUT2D eigenvalue weighted by molar-refractivity contribution is 0.102. The van der Waals surface area contributed by atoms with E-state index in [1.807, 2.05) is 13.0 Å². The lowest BCUT2D eigenvalue weighted by Gasteiger charge is -2.23. The Morgan fingerprint density at radius 3 is 2.75 bits per heavy atom. The van der Waals surface area contributed by atoms with Crippen LogP contribution in [0.4, 0.5) is 0 Å². The molecule has 0 heterocycles. The highest BCUT2D eigenvalue weighted by Gasteiger charge is 2.18. The van der Waals surface area contributed by atoms with E-state index in [1.165, 1.54) is 18.4 Å². The van der Waals surface area contributed by atoms with Crippen molar-refractivity contribution in [3.63, 3.8) is 0 Å². The van der Waals surface area contributed by atoms with Gasteiger partial charge in [-0.15, -0.1) is 0 Å². The van der Waals surface area contributed by atoms with Gasteiger partial charge in [0.1, 0.15) is 0 Å². The molecule has 0 aromatic carbocycles. The predicted octanol–water partition coefficient (Wildman–Crippen LogP) is 4.09. The molecule has 0 spiro atoms. The summed E-state index contributed by atoms with van der Waals surface area (Å²) in [5, 5.41) is 10.2. The molecular weight excluding hydrogens is 196 g/mol. The Balaban J connectivity index is 2.79. The van der Waals surface area contributed by atoms with Crippen LogP contribution in [0.1, 0.15) is 53.4 Å². The van der Waals surface area contributed by atoms with Gasteiger partial charge in [0.05, 0.1) is 5.60 Å². The van der Waals surface area contributed by atoms with E-state index in [0.29, 0.717) is 11.8 Å². The summed E-state index contributed by atoms with van der Waals surface area (Å²) in [6.07, 6.45) is 10.7. The first-order valence-corrected chi connectivity index (χ1v) is 6.48. The number of hydrogen-bond acceptors (Lipinski definition) is 1. The molecule has 0 aromatic heterocycles. The van der Waals surface area contributed by atoms with E-state index >= 15 is 0 Å². The van der Waals surface area contributed by atoms with Gasteiger partial charge in [-0.05, 0) is 51.4 Å². The minimum absolute atomic E-state index is 0.591. The molecule has 1 heteroatoms. The fraction of sp³-hybridized carbons (Fsp3) is 0.733. The lowest BCUT2D eigenvalue weighted by atomic mass is 9.86. The first-order chi connectivity index (χ1) is 7.41. The second kappa shape index (κ2) is 5.67. The van der Waals surface area contributed by atoms with Gasteiger partial charge in [-0.25, -0.2) is 0 Å². The first kappa shape index (κ1) is 13.5. The smallest absolute Gasteiger partial charge is 0.0802 e. The predicted molar refractivity (Wildman–Crippen MR) is 70.3 cm³/mol. The van der Waals surface area contributed by atoms with Crippen molar-refractivity contribution < 1.29 is 5.11 Å². The standard InChI is InChI=1S/C15H26O/c1-12(2)14-8-7-13(3)6-5-10-15(4,16)11-9-14/h6,9,11-12,14,16H,5,7-8,10H2,1-4H3/t14-,15-/m1/s1. The second-order valence-electron chi connectivity index (χ2n) is 5.75. The molecule has 2 atom stereocenters. The minimum Gasteiger partial charge on any atom is -0.386 e. The fourth-order valence-electron chi connectivity index (χ4n) is 2.17. The highest BCUT2D eigenvalue weighted by atomic mass is 16.3. The Morgan fingerprint density at radius 2 is 2.12 bits per heavy atom. The molecule has 1 aliphatic carbocycles. The van der Waals surface area contributed by atoms with E-state index in [9.17, 15) is 5.11 Å². The van der Waals surface area contributed by atoms with Gasteiger partial charge in [0.25, 0.3) is 0 Å². The maximum atomic E-state index is 10.2. The Kier molecular flexibility index (Phi) is 4.79. The Bertz CT molecular complexity index is 271. The summed E-state index contributed by atoms with van der Waals surface area (Å²) in [4.78, 5) is 0. The highest BCUT2D eigenvalue weighted by Crippen LogP contribution is 2.25. The van der Waals surface area contributed by atoms with Crippen LogP contribution in [0.2, 0.25) is 0 Å². The molecule has 16 heavy (non-hydrogen) atoms. The molecule has 0 saturated heterocycles. The third kappa shape index (κ3) is 4.52. The summed E-state index contributed by atoms with van der Waals surface area (Å²) in [6.45, 7) is 8.63. The highest BCUT2D eigenvalue weighted by molar-refractivity contribution is 5.07. The van der Waals surface area contributed by atoms with Crippen molar-refractivity contribution in [3.05, 3.63) is 23.8 Å². The van der Waals surface area contributed by atoms with Crippen molar-refractivity contribution in [2.75, 3.05) is 0 Å². The van der Waals surface area contributed by atoms with Crippen LogP contribution in [0.15, 0.2) is 23.8 Å². The van der Waals surface area contributed by atoms with E-state index in [1.54, 1.807) is 0 Å². The maximum absolute atomic E-state index is 10.2. The summed E-state index contributed by atoms with van der Waals surface area (Å²) < 4.78 is 0. The van der Waals surface area contributed by atoms with Crippen LogP contribution >= 0.6 is 0 Å². The van der Waals surface area contributed by atoms with Crippen molar-refractivity contribution >= 4 is 0 Å². The van der Waals surface area contributed by atoms with Gasteiger partial charge in [0.15, 0.2) is 0 Å². The average Bonchev–Trinajstić information content (AvgIpc) is 2.16.